The van der Waals surface area contributed by atoms with Crippen LogP contribution in [-0.4, -0.2) is 26.6 Å². The maximum Gasteiger partial charge on any atom is 0.273 e. The van der Waals surface area contributed by atoms with E-state index in [9.17, 15) is 9.59 Å². The quantitative estimate of drug-likeness (QED) is 0.431. The molecular formula is C22H20ClN5O2. The number of hydrazine groups is 1. The van der Waals surface area contributed by atoms with Gasteiger partial charge in [-0.15, -0.1) is 0 Å². The van der Waals surface area contributed by atoms with Gasteiger partial charge in [-0.1, -0.05) is 43.6 Å². The van der Waals surface area contributed by atoms with Crippen molar-refractivity contribution in [3.8, 4) is 5.69 Å². The van der Waals surface area contributed by atoms with Crippen LogP contribution in [0.15, 0.2) is 60.9 Å². The van der Waals surface area contributed by atoms with Crippen LogP contribution in [-0.2, 0) is 0 Å². The summed E-state index contributed by atoms with van der Waals surface area (Å²) in [5.41, 5.74) is 8.19. The largest absolute Gasteiger partial charge is 0.360 e. The van der Waals surface area contributed by atoms with Gasteiger partial charge in [0.15, 0.2) is 0 Å². The van der Waals surface area contributed by atoms with E-state index in [1.54, 1.807) is 23.0 Å². The molecule has 0 bridgehead atoms. The lowest BCUT2D eigenvalue weighted by Gasteiger charge is -2.13. The van der Waals surface area contributed by atoms with E-state index in [0.717, 1.165) is 22.3 Å². The Kier molecular flexibility index (Phi) is 5.29. The number of aromatic nitrogens is 3. The number of fused-ring (bicyclic) bond motifs is 1. The summed E-state index contributed by atoms with van der Waals surface area (Å²) in [5, 5.41) is 5.77. The second-order valence-electron chi connectivity index (χ2n) is 7.14. The first-order valence-electron chi connectivity index (χ1n) is 9.46. The maximum absolute atomic E-state index is 12.8. The summed E-state index contributed by atoms with van der Waals surface area (Å²) in [5.74, 6) is -0.822. The van der Waals surface area contributed by atoms with Crippen LogP contribution in [0.4, 0.5) is 0 Å². The molecule has 0 spiro atoms. The molecule has 2 aromatic heterocycles. The molecule has 0 aliphatic rings. The van der Waals surface area contributed by atoms with E-state index in [2.05, 4.69) is 20.9 Å². The van der Waals surface area contributed by atoms with E-state index in [1.165, 1.54) is 6.20 Å². The number of benzene rings is 2. The molecule has 2 heterocycles. The van der Waals surface area contributed by atoms with E-state index < -0.39 is 11.8 Å². The molecule has 0 atom stereocenters. The fourth-order valence-electron chi connectivity index (χ4n) is 3.38. The first kappa shape index (κ1) is 19.7. The number of carbonyl (C=O) groups is 2. The fraction of sp³-hybridized carbons (Fsp3) is 0.136. The van der Waals surface area contributed by atoms with Gasteiger partial charge in [0.2, 0.25) is 0 Å². The Bertz CT molecular complexity index is 1220. The molecular weight excluding hydrogens is 402 g/mol. The van der Waals surface area contributed by atoms with Crippen molar-refractivity contribution < 1.29 is 9.59 Å². The smallest absolute Gasteiger partial charge is 0.273 e. The van der Waals surface area contributed by atoms with Crippen LogP contribution in [0, 0.1) is 0 Å². The third-order valence-electron chi connectivity index (χ3n) is 4.79. The number of carbonyl (C=O) groups excluding carboxylic acids is 2. The van der Waals surface area contributed by atoms with Crippen molar-refractivity contribution in [2.24, 2.45) is 0 Å². The molecule has 0 aliphatic carbocycles. The summed E-state index contributed by atoms with van der Waals surface area (Å²) in [6.45, 7) is 3.95. The molecule has 0 saturated carbocycles. The molecule has 4 aromatic rings. The molecule has 0 radical (unpaired) electrons. The second-order valence-corrected chi connectivity index (χ2v) is 7.58. The molecule has 0 aliphatic heterocycles. The van der Waals surface area contributed by atoms with Gasteiger partial charge >= 0.3 is 0 Å². The molecule has 152 valence electrons. The van der Waals surface area contributed by atoms with Crippen LogP contribution < -0.4 is 10.9 Å². The van der Waals surface area contributed by atoms with Crippen LogP contribution in [0.25, 0.3) is 16.6 Å². The van der Waals surface area contributed by atoms with E-state index >= 15 is 0 Å². The molecule has 0 fully saturated rings. The van der Waals surface area contributed by atoms with Crippen LogP contribution in [0.2, 0.25) is 5.02 Å². The lowest BCUT2D eigenvalue weighted by Crippen LogP contribution is -2.41. The van der Waals surface area contributed by atoms with Crippen molar-refractivity contribution in [3.05, 3.63) is 82.8 Å². The summed E-state index contributed by atoms with van der Waals surface area (Å²) in [6.07, 6.45) is 3.11. The molecule has 2 amide bonds. The van der Waals surface area contributed by atoms with Crippen LogP contribution in [0.3, 0.4) is 0 Å². The molecule has 30 heavy (non-hydrogen) atoms. The van der Waals surface area contributed by atoms with Gasteiger partial charge in [0.25, 0.3) is 11.8 Å². The Hall–Kier alpha value is -3.58. The normalized spacial score (nSPS) is 11.1. The van der Waals surface area contributed by atoms with Gasteiger partial charge in [-0.2, -0.15) is 5.10 Å². The minimum absolute atomic E-state index is 0.0215. The van der Waals surface area contributed by atoms with Gasteiger partial charge in [0, 0.05) is 22.1 Å². The molecule has 8 heteroatoms. The number of aromatic amines is 1. The Morgan fingerprint density at radius 2 is 1.67 bits per heavy atom. The monoisotopic (exact) mass is 421 g/mol. The maximum atomic E-state index is 12.8. The zero-order chi connectivity index (χ0) is 21.3. The van der Waals surface area contributed by atoms with E-state index in [-0.39, 0.29) is 5.92 Å². The highest BCUT2D eigenvalue weighted by atomic mass is 35.5. The highest BCUT2D eigenvalue weighted by Gasteiger charge is 2.22. The fourth-order valence-corrected chi connectivity index (χ4v) is 3.51. The van der Waals surface area contributed by atoms with Gasteiger partial charge in [-0.3, -0.25) is 20.4 Å². The predicted molar refractivity (Wildman–Crippen MR) is 116 cm³/mol. The number of rotatable bonds is 4. The van der Waals surface area contributed by atoms with Gasteiger partial charge in [-0.05, 0) is 36.2 Å². The molecule has 7 nitrogen and oxygen atoms in total. The summed E-state index contributed by atoms with van der Waals surface area (Å²) in [4.78, 5) is 28.4. The zero-order valence-corrected chi connectivity index (χ0v) is 17.2. The first-order chi connectivity index (χ1) is 14.5. The number of amides is 2. The SMILES string of the molecule is CC(C)c1c(C(=O)NNC(=O)c2c[nH]c3ccccc23)cnn1-c1ccc(Cl)cc1. The van der Waals surface area contributed by atoms with Crippen molar-refractivity contribution in [3.63, 3.8) is 0 Å². The minimum Gasteiger partial charge on any atom is -0.360 e. The zero-order valence-electron chi connectivity index (χ0n) is 16.4. The van der Waals surface area contributed by atoms with Crippen molar-refractivity contribution in [2.75, 3.05) is 0 Å². The van der Waals surface area contributed by atoms with E-state index in [4.69, 9.17) is 11.6 Å². The number of H-pyrrole nitrogens is 1. The van der Waals surface area contributed by atoms with Crippen molar-refractivity contribution >= 4 is 34.3 Å². The van der Waals surface area contributed by atoms with E-state index in [0.29, 0.717) is 16.1 Å². The highest BCUT2D eigenvalue weighted by molar-refractivity contribution is 6.30. The minimum atomic E-state index is -0.438. The van der Waals surface area contributed by atoms with Gasteiger partial charge in [0.1, 0.15) is 0 Å². The number of para-hydroxylation sites is 1. The number of hydrogen-bond acceptors (Lipinski definition) is 3. The molecule has 3 N–H and O–H groups in total. The average molecular weight is 422 g/mol. The third kappa shape index (κ3) is 3.67. The Balaban J connectivity index is 1.55. The molecule has 2 aromatic carbocycles. The highest BCUT2D eigenvalue weighted by Crippen LogP contribution is 2.24. The molecule has 0 unspecified atom stereocenters. The topological polar surface area (TPSA) is 91.8 Å². The summed E-state index contributed by atoms with van der Waals surface area (Å²) in [6, 6.07) is 14.7. The Morgan fingerprint density at radius 3 is 2.37 bits per heavy atom. The first-order valence-corrected chi connectivity index (χ1v) is 9.84. The van der Waals surface area contributed by atoms with Crippen LogP contribution in [0.1, 0.15) is 46.2 Å². The van der Waals surface area contributed by atoms with E-state index in [1.807, 2.05) is 50.2 Å². The Morgan fingerprint density at radius 1 is 1.00 bits per heavy atom. The van der Waals surface area contributed by atoms with Crippen molar-refractivity contribution in [1.82, 2.24) is 25.6 Å². The lowest BCUT2D eigenvalue weighted by molar-refractivity contribution is 0.0847. The average Bonchev–Trinajstić information content (AvgIpc) is 3.37. The Labute approximate surface area is 178 Å². The number of nitrogens with zero attached hydrogens (tertiary/aromatic N) is 2. The second kappa shape index (κ2) is 8.04. The summed E-state index contributed by atoms with van der Waals surface area (Å²) < 4.78 is 1.71. The number of hydrogen-bond donors (Lipinski definition) is 3. The van der Waals surface area contributed by atoms with Crippen molar-refractivity contribution in [2.45, 2.75) is 19.8 Å². The van der Waals surface area contributed by atoms with Gasteiger partial charge in [-0.25, -0.2) is 4.68 Å². The standard InChI is InChI=1S/C22H20ClN5O2/c1-13(2)20-18(12-25-28(20)15-9-7-14(23)8-10-15)22(30)27-26-21(29)17-11-24-19-6-4-3-5-16(17)19/h3-13,24H,1-2H3,(H,26,29)(H,27,30). The summed E-state index contributed by atoms with van der Waals surface area (Å²) >= 11 is 5.97. The van der Waals surface area contributed by atoms with Crippen LogP contribution in [0.5, 0.6) is 0 Å². The van der Waals surface area contributed by atoms with Crippen molar-refractivity contribution in [1.29, 1.82) is 0 Å². The van der Waals surface area contributed by atoms with Crippen LogP contribution >= 0.6 is 11.6 Å². The number of nitrogens with one attached hydrogen (secondary N) is 3. The molecule has 4 rings (SSSR count). The number of halogens is 1. The lowest BCUT2D eigenvalue weighted by atomic mass is 10.1. The third-order valence-corrected chi connectivity index (χ3v) is 5.04. The predicted octanol–water partition coefficient (Wildman–Crippen LogP) is 4.21. The van der Waals surface area contributed by atoms with Gasteiger partial charge < -0.3 is 4.98 Å². The molecule has 0 saturated heterocycles. The summed E-state index contributed by atoms with van der Waals surface area (Å²) in [7, 11) is 0. The van der Waals surface area contributed by atoms with Gasteiger partial charge in [0.05, 0.1) is 28.7 Å².